The Labute approximate surface area is 195 Å². The average molecular weight is 477 g/mol. The molecule has 0 saturated carbocycles. The van der Waals surface area contributed by atoms with Gasteiger partial charge in [-0.15, -0.1) is 0 Å². The van der Waals surface area contributed by atoms with Gasteiger partial charge >= 0.3 is 0 Å². The van der Waals surface area contributed by atoms with E-state index in [9.17, 15) is 14.4 Å². The monoisotopic (exact) mass is 476 g/mol. The minimum absolute atomic E-state index is 0.00389. The number of nitrogens with one attached hydrogen (secondary N) is 1. The van der Waals surface area contributed by atoms with E-state index in [2.05, 4.69) is 5.32 Å². The van der Waals surface area contributed by atoms with Crippen molar-refractivity contribution in [2.75, 3.05) is 25.0 Å². The van der Waals surface area contributed by atoms with Crippen LogP contribution < -0.4 is 14.8 Å². The van der Waals surface area contributed by atoms with Crippen LogP contribution in [-0.2, 0) is 9.59 Å². The molecular weight excluding hydrogens is 455 g/mol. The molecule has 0 aliphatic carbocycles. The summed E-state index contributed by atoms with van der Waals surface area (Å²) in [6, 6.07) is 9.69. The third kappa shape index (κ3) is 4.84. The van der Waals surface area contributed by atoms with Crippen LogP contribution in [0.1, 0.15) is 36.5 Å². The summed E-state index contributed by atoms with van der Waals surface area (Å²) in [5, 5.41) is 3.46. The molecule has 2 amide bonds. The smallest absolute Gasteiger partial charge is 0.262 e. The molecule has 2 aromatic rings. The van der Waals surface area contributed by atoms with Gasteiger partial charge in [-0.2, -0.15) is 0 Å². The number of halogens is 2. The number of ether oxygens (including phenoxy) is 2. The first-order valence-electron chi connectivity index (χ1n) is 10.2. The van der Waals surface area contributed by atoms with Gasteiger partial charge in [0.25, 0.3) is 5.91 Å². The Bertz CT molecular complexity index is 1080. The number of anilines is 1. The van der Waals surface area contributed by atoms with E-state index < -0.39 is 11.5 Å². The lowest BCUT2D eigenvalue weighted by atomic mass is 9.82. The highest BCUT2D eigenvalue weighted by Gasteiger charge is 2.43. The third-order valence-corrected chi connectivity index (χ3v) is 6.31. The molecule has 7 nitrogen and oxygen atoms in total. The Morgan fingerprint density at radius 2 is 1.91 bits per heavy atom. The lowest BCUT2D eigenvalue weighted by Crippen LogP contribution is -2.51. The number of Topliss-reactive ketones (excluding diaryl/α,β-unsaturated/α-hetero) is 1. The molecule has 2 heterocycles. The maximum Gasteiger partial charge on any atom is 0.262 e. The van der Waals surface area contributed by atoms with E-state index in [4.69, 9.17) is 32.7 Å². The van der Waals surface area contributed by atoms with E-state index in [-0.39, 0.29) is 24.7 Å². The summed E-state index contributed by atoms with van der Waals surface area (Å²) in [4.78, 5) is 38.3. The summed E-state index contributed by atoms with van der Waals surface area (Å²) in [6.07, 6.45) is 1.47. The van der Waals surface area contributed by atoms with Gasteiger partial charge in [0.05, 0.1) is 22.7 Å². The topological polar surface area (TPSA) is 84.9 Å². The number of ketones is 1. The number of hydrogen-bond donors (Lipinski definition) is 1. The van der Waals surface area contributed by atoms with E-state index >= 15 is 0 Å². The summed E-state index contributed by atoms with van der Waals surface area (Å²) < 4.78 is 11.9. The molecule has 0 bridgehead atoms. The molecular formula is C23H22Cl2N2O5. The van der Waals surface area contributed by atoms with E-state index in [1.165, 1.54) is 6.07 Å². The second-order valence-corrected chi connectivity index (χ2v) is 8.85. The molecule has 168 valence electrons. The molecule has 2 aliphatic rings. The van der Waals surface area contributed by atoms with Crippen LogP contribution >= 0.6 is 23.2 Å². The maximum absolute atomic E-state index is 12.7. The molecule has 1 saturated heterocycles. The van der Waals surface area contributed by atoms with Gasteiger partial charge in [0, 0.05) is 43.9 Å². The van der Waals surface area contributed by atoms with Crippen LogP contribution in [0.3, 0.4) is 0 Å². The normalized spacial score (nSPS) is 16.8. The number of carbonyl (C=O) groups excluding carboxylic acids is 3. The molecule has 9 heteroatoms. The fourth-order valence-corrected chi connectivity index (χ4v) is 4.45. The largest absolute Gasteiger partial charge is 0.486 e. The minimum Gasteiger partial charge on any atom is -0.486 e. The van der Waals surface area contributed by atoms with E-state index in [0.29, 0.717) is 58.7 Å². The molecule has 0 aromatic heterocycles. The zero-order valence-electron chi connectivity index (χ0n) is 17.5. The van der Waals surface area contributed by atoms with Gasteiger partial charge in [-0.25, -0.2) is 0 Å². The molecule has 2 aliphatic heterocycles. The highest BCUT2D eigenvalue weighted by molar-refractivity contribution is 6.36. The highest BCUT2D eigenvalue weighted by Crippen LogP contribution is 2.40. The van der Waals surface area contributed by atoms with Crippen molar-refractivity contribution < 1.29 is 23.9 Å². The number of benzene rings is 2. The van der Waals surface area contributed by atoms with Crippen LogP contribution in [0.15, 0.2) is 36.4 Å². The molecule has 1 spiro atoms. The van der Waals surface area contributed by atoms with Crippen LogP contribution in [0, 0.1) is 0 Å². The number of carbonyl (C=O) groups is 3. The standard InChI is InChI=1S/C23H22Cl2N2O5/c1-14(28)27-8-6-23(7-9-27)12-20(29)17-4-3-16(11-21(17)32-23)31-13-22(30)26-19-5-2-15(24)10-18(19)25/h2-5,10-11H,6-9,12-13H2,1H3,(H,26,30). The SMILES string of the molecule is CC(=O)N1CCC2(CC1)CC(=O)c1ccc(OCC(=O)Nc3ccc(Cl)cc3Cl)cc1O2. The molecule has 0 radical (unpaired) electrons. The predicted octanol–water partition coefficient (Wildman–Crippen LogP) is 4.36. The predicted molar refractivity (Wildman–Crippen MR) is 121 cm³/mol. The summed E-state index contributed by atoms with van der Waals surface area (Å²) in [5.74, 6) is 0.487. The van der Waals surface area contributed by atoms with E-state index in [1.54, 1.807) is 42.2 Å². The van der Waals surface area contributed by atoms with Crippen LogP contribution in [0.4, 0.5) is 5.69 Å². The fraction of sp³-hybridized carbons (Fsp3) is 0.348. The van der Waals surface area contributed by atoms with Crippen molar-refractivity contribution in [3.8, 4) is 11.5 Å². The zero-order chi connectivity index (χ0) is 22.9. The van der Waals surface area contributed by atoms with Gasteiger partial charge in [0.1, 0.15) is 17.1 Å². The molecule has 1 fully saturated rings. The lowest BCUT2D eigenvalue weighted by Gasteiger charge is -2.43. The Balaban J connectivity index is 1.41. The van der Waals surface area contributed by atoms with E-state index in [0.717, 1.165) is 0 Å². The summed E-state index contributed by atoms with van der Waals surface area (Å²) in [6.45, 7) is 2.41. The zero-order valence-corrected chi connectivity index (χ0v) is 19.0. The number of amides is 2. The van der Waals surface area contributed by atoms with Gasteiger partial charge in [-0.1, -0.05) is 23.2 Å². The Morgan fingerprint density at radius 3 is 2.59 bits per heavy atom. The van der Waals surface area contributed by atoms with Crippen LogP contribution in [0.25, 0.3) is 0 Å². The van der Waals surface area contributed by atoms with Crippen molar-refractivity contribution in [3.63, 3.8) is 0 Å². The molecule has 32 heavy (non-hydrogen) atoms. The van der Waals surface area contributed by atoms with Gasteiger partial charge in [-0.05, 0) is 30.3 Å². The highest BCUT2D eigenvalue weighted by atomic mass is 35.5. The van der Waals surface area contributed by atoms with Crippen molar-refractivity contribution in [1.82, 2.24) is 4.90 Å². The van der Waals surface area contributed by atoms with Crippen LogP contribution in [-0.4, -0.2) is 47.8 Å². The van der Waals surface area contributed by atoms with Crippen LogP contribution in [0.5, 0.6) is 11.5 Å². The number of hydrogen-bond acceptors (Lipinski definition) is 5. The lowest BCUT2D eigenvalue weighted by molar-refractivity contribution is -0.132. The molecule has 2 aromatic carbocycles. The molecule has 0 unspecified atom stereocenters. The van der Waals surface area contributed by atoms with Crippen LogP contribution in [0.2, 0.25) is 10.0 Å². The van der Waals surface area contributed by atoms with Gasteiger partial charge in [0.15, 0.2) is 12.4 Å². The van der Waals surface area contributed by atoms with Crippen molar-refractivity contribution in [1.29, 1.82) is 0 Å². The molecule has 0 atom stereocenters. The Hall–Kier alpha value is -2.77. The minimum atomic E-state index is -0.614. The average Bonchev–Trinajstić information content (AvgIpc) is 2.74. The second kappa shape index (κ2) is 9.00. The Morgan fingerprint density at radius 1 is 1.16 bits per heavy atom. The molecule has 4 rings (SSSR count). The molecule has 1 N–H and O–H groups in total. The summed E-state index contributed by atoms with van der Waals surface area (Å²) in [7, 11) is 0. The number of rotatable bonds is 4. The maximum atomic E-state index is 12.7. The summed E-state index contributed by atoms with van der Waals surface area (Å²) >= 11 is 11.9. The van der Waals surface area contributed by atoms with Crippen molar-refractivity contribution in [2.45, 2.75) is 31.8 Å². The summed E-state index contributed by atoms with van der Waals surface area (Å²) in [5.41, 5.74) is 0.314. The van der Waals surface area contributed by atoms with Crippen molar-refractivity contribution in [3.05, 3.63) is 52.0 Å². The number of fused-ring (bicyclic) bond motifs is 1. The van der Waals surface area contributed by atoms with Crippen molar-refractivity contribution >= 4 is 46.5 Å². The fourth-order valence-electron chi connectivity index (χ4n) is 4.00. The Kier molecular flexibility index (Phi) is 6.31. The van der Waals surface area contributed by atoms with Gasteiger partial charge in [0.2, 0.25) is 5.91 Å². The van der Waals surface area contributed by atoms with E-state index in [1.807, 2.05) is 0 Å². The first-order chi connectivity index (χ1) is 15.2. The first-order valence-corrected chi connectivity index (χ1v) is 11.0. The first kappa shape index (κ1) is 22.4. The third-order valence-electron chi connectivity index (χ3n) is 5.76. The van der Waals surface area contributed by atoms with Gasteiger partial charge in [-0.3, -0.25) is 14.4 Å². The number of likely N-dealkylation sites (tertiary alicyclic amines) is 1. The quantitative estimate of drug-likeness (QED) is 0.708. The second-order valence-electron chi connectivity index (χ2n) is 8.01. The van der Waals surface area contributed by atoms with Gasteiger partial charge < -0.3 is 19.7 Å². The number of piperidine rings is 1. The van der Waals surface area contributed by atoms with Crippen molar-refractivity contribution in [2.24, 2.45) is 0 Å². The number of nitrogens with zero attached hydrogens (tertiary/aromatic N) is 1.